The highest BCUT2D eigenvalue weighted by atomic mass is 79.9. The molecule has 168 valence electrons. The van der Waals surface area contributed by atoms with Gasteiger partial charge < -0.3 is 14.2 Å². The molecule has 8 nitrogen and oxygen atoms in total. The van der Waals surface area contributed by atoms with Gasteiger partial charge in [-0.15, -0.1) is 0 Å². The molecule has 30 heavy (non-hydrogen) atoms. The first-order valence-electron chi connectivity index (χ1n) is 10.4. The van der Waals surface area contributed by atoms with E-state index in [1.54, 1.807) is 6.92 Å². The predicted molar refractivity (Wildman–Crippen MR) is 119 cm³/mol. The molecule has 10 heteroatoms. The highest BCUT2D eigenvalue weighted by Crippen LogP contribution is 2.45. The van der Waals surface area contributed by atoms with Gasteiger partial charge in [-0.05, 0) is 25.3 Å². The van der Waals surface area contributed by atoms with E-state index in [2.05, 4.69) is 40.6 Å². The molecule has 1 N–H and O–H groups in total. The molecule has 6 atom stereocenters. The normalized spacial score (nSPS) is 31.8. The number of alkyl halides is 1. The number of nitrogens with one attached hydrogen (secondary N) is 1. The third-order valence-corrected chi connectivity index (χ3v) is 9.34. The van der Waals surface area contributed by atoms with Crippen LogP contribution in [0.25, 0.3) is 0 Å². The second kappa shape index (κ2) is 9.10. The Bertz CT molecular complexity index is 895. The minimum absolute atomic E-state index is 0.139. The fourth-order valence-corrected chi connectivity index (χ4v) is 7.32. The lowest BCUT2D eigenvalue weighted by Crippen LogP contribution is -2.37. The summed E-state index contributed by atoms with van der Waals surface area (Å²) in [6.07, 6.45) is 1.91. The molecule has 2 saturated heterocycles. The van der Waals surface area contributed by atoms with Gasteiger partial charge in [0.05, 0.1) is 20.3 Å². The number of aryl methyl sites for hydroxylation is 1. The van der Waals surface area contributed by atoms with Gasteiger partial charge in [-0.3, -0.25) is 19.1 Å². The molecule has 2 aliphatic heterocycles. The molecule has 1 aromatic heterocycles. The molecule has 0 aliphatic carbocycles. The number of H-pyrrole nitrogens is 1. The van der Waals surface area contributed by atoms with Crippen molar-refractivity contribution in [2.75, 3.05) is 5.33 Å². The Labute approximate surface area is 185 Å². The summed E-state index contributed by atoms with van der Waals surface area (Å²) < 4.78 is 19.6. The van der Waals surface area contributed by atoms with Crippen LogP contribution in [0.3, 0.4) is 0 Å². The zero-order chi connectivity index (χ0) is 22.2. The van der Waals surface area contributed by atoms with E-state index in [1.165, 1.54) is 17.7 Å². The van der Waals surface area contributed by atoms with E-state index < -0.39 is 43.7 Å². The molecule has 0 aromatic carbocycles. The Kier molecular flexibility index (Phi) is 7.10. The van der Waals surface area contributed by atoms with E-state index >= 15 is 0 Å². The van der Waals surface area contributed by atoms with Gasteiger partial charge in [0, 0.05) is 30.4 Å². The number of aromatic amines is 1. The number of hydrogen-bond acceptors (Lipinski definition) is 6. The lowest BCUT2D eigenvalue weighted by atomic mass is 10.0. The minimum atomic E-state index is -1.48. The van der Waals surface area contributed by atoms with Gasteiger partial charge in [-0.2, -0.15) is 0 Å². The lowest BCUT2D eigenvalue weighted by molar-refractivity contribution is -0.155. The fourth-order valence-electron chi connectivity index (χ4n) is 4.57. The highest BCUT2D eigenvalue weighted by molar-refractivity contribution is 9.09. The van der Waals surface area contributed by atoms with Crippen molar-refractivity contribution in [1.82, 2.24) is 9.55 Å². The average molecular weight is 503 g/mol. The zero-order valence-electron chi connectivity index (χ0n) is 18.1. The molecular weight excluding hydrogens is 472 g/mol. The van der Waals surface area contributed by atoms with E-state index in [-0.39, 0.29) is 12.2 Å². The number of ether oxygens (including phenoxy) is 3. The molecule has 0 spiro atoms. The molecule has 0 radical (unpaired) electrons. The number of hydrogen-bond donors (Lipinski definition) is 1. The summed E-state index contributed by atoms with van der Waals surface area (Å²) in [5.41, 5.74) is -0.0722. The number of carbonyl (C=O) groups is 1. The Morgan fingerprint density at radius 1 is 1.30 bits per heavy atom. The van der Waals surface area contributed by atoms with Crippen molar-refractivity contribution in [3.63, 3.8) is 0 Å². The average Bonchev–Trinajstić information content (AvgIpc) is 3.22. The lowest BCUT2D eigenvalue weighted by Gasteiger charge is -2.28. The smallest absolute Gasteiger partial charge is 0.330 e. The van der Waals surface area contributed by atoms with Crippen LogP contribution in [0.2, 0.25) is 25.2 Å². The molecule has 2 fully saturated rings. The molecule has 2 unspecified atom stereocenters. The zero-order valence-corrected chi connectivity index (χ0v) is 20.7. The minimum Gasteiger partial charge on any atom is -0.459 e. The van der Waals surface area contributed by atoms with Crippen LogP contribution >= 0.6 is 15.9 Å². The third kappa shape index (κ3) is 4.98. The van der Waals surface area contributed by atoms with Crippen molar-refractivity contribution < 1.29 is 19.0 Å². The first-order chi connectivity index (χ1) is 14.0. The van der Waals surface area contributed by atoms with Gasteiger partial charge in [0.25, 0.3) is 5.56 Å². The van der Waals surface area contributed by atoms with Crippen LogP contribution in [0.1, 0.15) is 38.0 Å². The standard InChI is InChI=1S/C20H31BrN2O6Si/c1-11-10-23(20(26)22-19(11)25)17-9-15(27-12(2)24)18(29-17)14-8-16(30(3,4)5)13(28-14)6-7-21/h10,13-18H,6-9H2,1-5H3,(H,22,25,26)/t13?,14-,15-,16?,17+,18+/m0/s1. The van der Waals surface area contributed by atoms with Crippen LogP contribution < -0.4 is 11.2 Å². The van der Waals surface area contributed by atoms with Crippen LogP contribution in [-0.2, 0) is 19.0 Å². The van der Waals surface area contributed by atoms with Crippen LogP contribution in [0.5, 0.6) is 0 Å². The summed E-state index contributed by atoms with van der Waals surface area (Å²) in [4.78, 5) is 38.1. The summed E-state index contributed by atoms with van der Waals surface area (Å²) in [5.74, 6) is -0.393. The van der Waals surface area contributed by atoms with Crippen LogP contribution in [0.15, 0.2) is 15.8 Å². The molecule has 1 aromatic rings. The Morgan fingerprint density at radius 2 is 2.00 bits per heavy atom. The van der Waals surface area contributed by atoms with Crippen molar-refractivity contribution in [3.8, 4) is 0 Å². The van der Waals surface area contributed by atoms with Gasteiger partial charge in [-0.1, -0.05) is 35.6 Å². The summed E-state index contributed by atoms with van der Waals surface area (Å²) in [6, 6.07) is 0. The number of aromatic nitrogens is 2. The molecule has 2 aliphatic rings. The fraction of sp³-hybridized carbons (Fsp3) is 0.750. The van der Waals surface area contributed by atoms with Crippen molar-refractivity contribution >= 4 is 30.0 Å². The van der Waals surface area contributed by atoms with Crippen molar-refractivity contribution in [2.24, 2.45) is 0 Å². The quantitative estimate of drug-likeness (QED) is 0.364. The van der Waals surface area contributed by atoms with E-state index in [1.807, 2.05) is 0 Å². The van der Waals surface area contributed by atoms with Crippen molar-refractivity contribution in [2.45, 2.75) is 88.9 Å². The molecule has 0 amide bonds. The number of rotatable bonds is 6. The van der Waals surface area contributed by atoms with Crippen molar-refractivity contribution in [3.05, 3.63) is 32.6 Å². The van der Waals surface area contributed by atoms with Crippen LogP contribution in [0.4, 0.5) is 0 Å². The highest BCUT2D eigenvalue weighted by Gasteiger charge is 2.51. The maximum Gasteiger partial charge on any atom is 0.330 e. The number of carbonyl (C=O) groups excluding carboxylic acids is 1. The summed E-state index contributed by atoms with van der Waals surface area (Å²) in [6.45, 7) is 10.0. The Balaban J connectivity index is 1.87. The van der Waals surface area contributed by atoms with Gasteiger partial charge in [0.1, 0.15) is 18.4 Å². The molecule has 3 heterocycles. The largest absolute Gasteiger partial charge is 0.459 e. The Hall–Kier alpha value is -1.23. The van der Waals surface area contributed by atoms with Crippen LogP contribution in [-0.4, -0.2) is 53.3 Å². The molecule has 0 bridgehead atoms. The second-order valence-electron chi connectivity index (χ2n) is 9.32. The summed E-state index contributed by atoms with van der Waals surface area (Å²) >= 11 is 3.53. The second-order valence-corrected chi connectivity index (χ2v) is 15.6. The monoisotopic (exact) mass is 502 g/mol. The predicted octanol–water partition coefficient (Wildman–Crippen LogP) is 2.72. The number of esters is 1. The number of nitrogens with zero attached hydrogens (tertiary/aromatic N) is 1. The van der Waals surface area contributed by atoms with E-state index in [0.29, 0.717) is 17.5 Å². The van der Waals surface area contributed by atoms with E-state index in [9.17, 15) is 14.4 Å². The first kappa shape index (κ1) is 23.4. The van der Waals surface area contributed by atoms with Gasteiger partial charge in [-0.25, -0.2) is 4.79 Å². The van der Waals surface area contributed by atoms with Crippen molar-refractivity contribution in [1.29, 1.82) is 0 Å². The molecular formula is C20H31BrN2O6Si. The molecule has 3 rings (SSSR count). The van der Waals surface area contributed by atoms with Gasteiger partial charge >= 0.3 is 11.7 Å². The number of halogens is 1. The maximum absolute atomic E-state index is 12.3. The van der Waals surface area contributed by atoms with Crippen LogP contribution in [0, 0.1) is 6.92 Å². The summed E-state index contributed by atoms with van der Waals surface area (Å²) in [5, 5.41) is 0.860. The van der Waals surface area contributed by atoms with Gasteiger partial charge in [0.15, 0.2) is 0 Å². The van der Waals surface area contributed by atoms with E-state index in [0.717, 1.165) is 18.2 Å². The Morgan fingerprint density at radius 3 is 2.60 bits per heavy atom. The van der Waals surface area contributed by atoms with Gasteiger partial charge in [0.2, 0.25) is 0 Å². The SMILES string of the molecule is CC(=O)O[C@H]1C[C@H](n2cc(C)c(=O)[nH]c2=O)O[C@@H]1[C@@H]1CC([Si](C)(C)C)C(CCBr)O1. The maximum atomic E-state index is 12.3. The topological polar surface area (TPSA) is 99.6 Å². The van der Waals surface area contributed by atoms with E-state index in [4.69, 9.17) is 14.2 Å². The molecule has 0 saturated carbocycles. The third-order valence-electron chi connectivity index (χ3n) is 6.05. The summed E-state index contributed by atoms with van der Waals surface area (Å²) in [7, 11) is -1.48. The first-order valence-corrected chi connectivity index (χ1v) is 15.1.